The van der Waals surface area contributed by atoms with E-state index in [9.17, 15) is 8.42 Å². The van der Waals surface area contributed by atoms with Crippen molar-refractivity contribution in [3.63, 3.8) is 0 Å². The van der Waals surface area contributed by atoms with Crippen molar-refractivity contribution in [1.82, 2.24) is 4.98 Å². The molecule has 0 saturated carbocycles. The van der Waals surface area contributed by atoms with E-state index in [1.165, 1.54) is 29.5 Å². The molecule has 124 valence electrons. The van der Waals surface area contributed by atoms with Gasteiger partial charge in [-0.1, -0.05) is 41.7 Å². The zero-order valence-corrected chi connectivity index (χ0v) is 14.5. The second-order valence-electron chi connectivity index (χ2n) is 5.87. The number of piperidine rings is 1. The second-order valence-corrected chi connectivity index (χ2v) is 8.67. The molecule has 1 aliphatic rings. The summed E-state index contributed by atoms with van der Waals surface area (Å²) in [5.41, 5.74) is 1.34. The van der Waals surface area contributed by atoms with Gasteiger partial charge in [0, 0.05) is 12.6 Å². The lowest BCUT2D eigenvalue weighted by atomic mass is 9.96. The van der Waals surface area contributed by atoms with Gasteiger partial charge in [-0.05, 0) is 37.7 Å². The molecular weight excluding hydrogens is 330 g/mol. The number of anilines is 1. The molecule has 1 atom stereocenters. The molecule has 1 aliphatic heterocycles. The number of primary sulfonamides is 1. The molecule has 23 heavy (non-hydrogen) atoms. The summed E-state index contributed by atoms with van der Waals surface area (Å²) in [5.74, 6) is 0. The molecular formula is C16H21N3O2S2. The van der Waals surface area contributed by atoms with Crippen LogP contribution in [0.25, 0.3) is 0 Å². The lowest BCUT2D eigenvalue weighted by Gasteiger charge is -2.35. The van der Waals surface area contributed by atoms with E-state index in [4.69, 9.17) is 5.14 Å². The molecule has 0 amide bonds. The van der Waals surface area contributed by atoms with Crippen LogP contribution in [0.5, 0.6) is 0 Å². The average Bonchev–Trinajstić information content (AvgIpc) is 3.04. The highest BCUT2D eigenvalue weighted by Gasteiger charge is 2.26. The van der Waals surface area contributed by atoms with Crippen molar-refractivity contribution < 1.29 is 8.42 Å². The maximum atomic E-state index is 11.5. The van der Waals surface area contributed by atoms with Crippen molar-refractivity contribution in [2.45, 2.75) is 42.4 Å². The van der Waals surface area contributed by atoms with E-state index in [-0.39, 0.29) is 4.21 Å². The fourth-order valence-electron chi connectivity index (χ4n) is 3.05. The number of hydrogen-bond acceptors (Lipinski definition) is 5. The SMILES string of the molecule is NS(=O)(=O)c1cnc(N2CCCCC2CCc2ccccc2)s1. The molecule has 2 N–H and O–H groups in total. The minimum Gasteiger partial charge on any atom is -0.345 e. The van der Waals surface area contributed by atoms with Crippen LogP contribution in [-0.4, -0.2) is 26.0 Å². The van der Waals surface area contributed by atoms with Gasteiger partial charge in [0.1, 0.15) is 0 Å². The maximum absolute atomic E-state index is 11.5. The van der Waals surface area contributed by atoms with Crippen LogP contribution in [0.3, 0.4) is 0 Å². The summed E-state index contributed by atoms with van der Waals surface area (Å²) in [7, 11) is -3.66. The van der Waals surface area contributed by atoms with E-state index >= 15 is 0 Å². The van der Waals surface area contributed by atoms with E-state index < -0.39 is 10.0 Å². The van der Waals surface area contributed by atoms with Gasteiger partial charge < -0.3 is 4.90 Å². The van der Waals surface area contributed by atoms with Crippen LogP contribution in [0.15, 0.2) is 40.7 Å². The quantitative estimate of drug-likeness (QED) is 0.899. The molecule has 1 unspecified atom stereocenters. The summed E-state index contributed by atoms with van der Waals surface area (Å²) < 4.78 is 23.0. The number of thiazole rings is 1. The molecule has 1 saturated heterocycles. The van der Waals surface area contributed by atoms with Gasteiger partial charge >= 0.3 is 0 Å². The zero-order chi connectivity index (χ0) is 16.3. The Balaban J connectivity index is 1.72. The molecule has 2 aromatic rings. The summed E-state index contributed by atoms with van der Waals surface area (Å²) in [6.07, 6.45) is 6.90. The van der Waals surface area contributed by atoms with E-state index in [0.717, 1.165) is 37.4 Å². The fraction of sp³-hybridized carbons (Fsp3) is 0.438. The van der Waals surface area contributed by atoms with E-state index in [2.05, 4.69) is 34.1 Å². The number of nitrogens with zero attached hydrogens (tertiary/aromatic N) is 2. The minimum absolute atomic E-state index is 0.139. The monoisotopic (exact) mass is 351 g/mol. The van der Waals surface area contributed by atoms with Crippen molar-refractivity contribution >= 4 is 26.5 Å². The van der Waals surface area contributed by atoms with Crippen LogP contribution in [0, 0.1) is 0 Å². The van der Waals surface area contributed by atoms with Crippen molar-refractivity contribution in [3.05, 3.63) is 42.1 Å². The molecule has 3 rings (SSSR count). The van der Waals surface area contributed by atoms with Crippen LogP contribution < -0.4 is 10.0 Å². The van der Waals surface area contributed by atoms with Gasteiger partial charge in [0.25, 0.3) is 0 Å². The molecule has 0 bridgehead atoms. The lowest BCUT2D eigenvalue weighted by molar-refractivity contribution is 0.437. The molecule has 2 heterocycles. The van der Waals surface area contributed by atoms with E-state index in [1.807, 2.05) is 6.07 Å². The number of nitrogens with two attached hydrogens (primary N) is 1. The van der Waals surface area contributed by atoms with Gasteiger partial charge in [-0.15, -0.1) is 0 Å². The largest absolute Gasteiger partial charge is 0.345 e. The summed E-state index contributed by atoms with van der Waals surface area (Å²) in [4.78, 5) is 6.55. The first kappa shape index (κ1) is 16.4. The zero-order valence-electron chi connectivity index (χ0n) is 12.9. The molecule has 0 aliphatic carbocycles. The molecule has 5 nitrogen and oxygen atoms in total. The Kier molecular flexibility index (Phi) is 4.99. The molecule has 1 aromatic carbocycles. The lowest BCUT2D eigenvalue weighted by Crippen LogP contribution is -2.39. The Morgan fingerprint density at radius 2 is 2.04 bits per heavy atom. The normalized spacial score (nSPS) is 19.0. The van der Waals surface area contributed by atoms with Crippen LogP contribution in [0.1, 0.15) is 31.2 Å². The highest BCUT2D eigenvalue weighted by molar-refractivity contribution is 7.91. The molecule has 1 aromatic heterocycles. The number of aryl methyl sites for hydroxylation is 1. The first-order valence-electron chi connectivity index (χ1n) is 7.83. The van der Waals surface area contributed by atoms with Gasteiger partial charge in [0.05, 0.1) is 6.20 Å². The van der Waals surface area contributed by atoms with Crippen molar-refractivity contribution in [1.29, 1.82) is 0 Å². The van der Waals surface area contributed by atoms with Gasteiger partial charge in [0.2, 0.25) is 10.0 Å². The van der Waals surface area contributed by atoms with E-state index in [0.29, 0.717) is 6.04 Å². The van der Waals surface area contributed by atoms with Crippen LogP contribution in [0.2, 0.25) is 0 Å². The molecule has 1 fully saturated rings. The van der Waals surface area contributed by atoms with Crippen LogP contribution in [-0.2, 0) is 16.4 Å². The predicted octanol–water partition coefficient (Wildman–Crippen LogP) is 2.78. The highest BCUT2D eigenvalue weighted by atomic mass is 32.2. The molecule has 0 radical (unpaired) electrons. The Morgan fingerprint density at radius 3 is 2.74 bits per heavy atom. The predicted molar refractivity (Wildman–Crippen MR) is 93.2 cm³/mol. The van der Waals surface area contributed by atoms with Crippen LogP contribution in [0.4, 0.5) is 5.13 Å². The Bertz CT molecular complexity index is 744. The topological polar surface area (TPSA) is 76.3 Å². The number of benzene rings is 1. The summed E-state index contributed by atoms with van der Waals surface area (Å²) in [6.45, 7) is 0.928. The average molecular weight is 351 g/mol. The third kappa shape index (κ3) is 4.10. The second kappa shape index (κ2) is 6.98. The first-order valence-corrected chi connectivity index (χ1v) is 10.2. The number of aromatic nitrogens is 1. The molecule has 7 heteroatoms. The van der Waals surface area contributed by atoms with Gasteiger partial charge in [-0.3, -0.25) is 0 Å². The minimum atomic E-state index is -3.66. The Morgan fingerprint density at radius 1 is 1.26 bits per heavy atom. The Hall–Kier alpha value is -1.44. The first-order chi connectivity index (χ1) is 11.0. The smallest absolute Gasteiger partial charge is 0.249 e. The summed E-state index contributed by atoms with van der Waals surface area (Å²) >= 11 is 1.17. The maximum Gasteiger partial charge on any atom is 0.249 e. The summed E-state index contributed by atoms with van der Waals surface area (Å²) in [5, 5.41) is 5.96. The Labute approximate surface area is 141 Å². The van der Waals surface area contributed by atoms with Crippen molar-refractivity contribution in [3.8, 4) is 0 Å². The van der Waals surface area contributed by atoms with Gasteiger partial charge in [-0.2, -0.15) is 0 Å². The number of sulfonamides is 1. The number of rotatable bonds is 5. The van der Waals surface area contributed by atoms with Gasteiger partial charge in [-0.25, -0.2) is 18.5 Å². The highest BCUT2D eigenvalue weighted by Crippen LogP contribution is 2.32. The third-order valence-corrected chi connectivity index (χ3v) is 6.68. The fourth-order valence-corrected chi connectivity index (χ4v) is 4.68. The molecule has 0 spiro atoms. The van der Waals surface area contributed by atoms with Crippen molar-refractivity contribution in [2.24, 2.45) is 5.14 Å². The van der Waals surface area contributed by atoms with E-state index in [1.54, 1.807) is 0 Å². The third-order valence-electron chi connectivity index (χ3n) is 4.23. The van der Waals surface area contributed by atoms with Crippen molar-refractivity contribution in [2.75, 3.05) is 11.4 Å². The summed E-state index contributed by atoms with van der Waals surface area (Å²) in [6, 6.07) is 10.9. The van der Waals surface area contributed by atoms with Gasteiger partial charge in [0.15, 0.2) is 9.34 Å². The number of hydrogen-bond donors (Lipinski definition) is 1. The standard InChI is InChI=1S/C16H21N3O2S2/c17-23(20,21)15-12-18-16(22-15)19-11-5-4-8-14(19)10-9-13-6-2-1-3-7-13/h1-3,6-7,12,14H,4-5,8-11H2,(H2,17,20,21). The van der Waals surface area contributed by atoms with Crippen LogP contribution >= 0.6 is 11.3 Å².